The van der Waals surface area contributed by atoms with Gasteiger partial charge in [-0.3, -0.25) is 9.00 Å². The van der Waals surface area contributed by atoms with Crippen LogP contribution >= 0.6 is 0 Å². The first-order chi connectivity index (χ1) is 16.1. The fraction of sp³-hybridized carbons (Fsp3) is 0.385. The van der Waals surface area contributed by atoms with Crippen molar-refractivity contribution < 1.29 is 13.7 Å². The Morgan fingerprint density at radius 3 is 2.50 bits per heavy atom. The molecule has 1 aliphatic carbocycles. The quantitative estimate of drug-likeness (QED) is 0.565. The van der Waals surface area contributed by atoms with Crippen molar-refractivity contribution in [2.24, 2.45) is 0 Å². The largest absolute Gasteiger partial charge is 0.496 e. The van der Waals surface area contributed by atoms with E-state index in [2.05, 4.69) is 36.8 Å². The zero-order chi connectivity index (χ0) is 24.4. The highest BCUT2D eigenvalue weighted by Crippen LogP contribution is 2.47. The van der Waals surface area contributed by atoms with Crippen LogP contribution in [0.3, 0.4) is 0 Å². The average Bonchev–Trinajstić information content (AvgIpc) is 3.22. The molecule has 8 heteroatoms. The molecule has 1 N–H and O–H groups in total. The molecule has 0 amide bonds. The van der Waals surface area contributed by atoms with Gasteiger partial charge in [-0.05, 0) is 47.0 Å². The van der Waals surface area contributed by atoms with Crippen LogP contribution in [0.15, 0.2) is 35.2 Å². The maximum atomic E-state index is 14.2. The number of nitrogens with one attached hydrogen (secondary N) is 1. The molecule has 1 aromatic heterocycles. The molecule has 0 unspecified atom stereocenters. The van der Waals surface area contributed by atoms with Crippen LogP contribution in [0.5, 0.6) is 5.75 Å². The molecule has 0 radical (unpaired) electrons. The number of likely N-dealkylation sites (N-methyl/N-ethyl adjacent to an activating group) is 1. The number of aromatic nitrogens is 1. The lowest BCUT2D eigenvalue weighted by Gasteiger charge is -2.40. The molecule has 1 saturated heterocycles. The number of fused-ring (bicyclic) bond motifs is 4. The summed E-state index contributed by atoms with van der Waals surface area (Å²) in [5.74, 6) is 0.457. The minimum Gasteiger partial charge on any atom is -0.496 e. The molecule has 0 atom stereocenters. The predicted octanol–water partition coefficient (Wildman–Crippen LogP) is 3.09. The smallest absolute Gasteiger partial charge is 0.195 e. The fourth-order valence-corrected chi connectivity index (χ4v) is 7.51. The summed E-state index contributed by atoms with van der Waals surface area (Å²) in [7, 11) is 0.695. The molecule has 0 spiro atoms. The number of aromatic amines is 1. The maximum Gasteiger partial charge on any atom is 0.195 e. The molecule has 5 rings (SSSR count). The van der Waals surface area contributed by atoms with Crippen molar-refractivity contribution in [2.75, 3.05) is 46.6 Å². The van der Waals surface area contributed by atoms with Gasteiger partial charge in [-0.25, -0.2) is 4.31 Å². The van der Waals surface area contributed by atoms with Crippen molar-refractivity contribution in [3.63, 3.8) is 0 Å². The summed E-state index contributed by atoms with van der Waals surface area (Å²) in [6.07, 6.45) is 1.78. The lowest BCUT2D eigenvalue weighted by Crippen LogP contribution is -2.49. The summed E-state index contributed by atoms with van der Waals surface area (Å²) in [6, 6.07) is 11.2. The Bertz CT molecular complexity index is 1420. The number of piperazine rings is 1. The van der Waals surface area contributed by atoms with Gasteiger partial charge in [0.1, 0.15) is 5.75 Å². The van der Waals surface area contributed by atoms with Gasteiger partial charge >= 0.3 is 0 Å². The molecule has 0 saturated carbocycles. The third kappa shape index (κ3) is 3.22. The molecule has 2 heterocycles. The SMILES string of the molecule is COc1cc2c(cc1[SH](C)(=O)N1CCN(C)CC1)C(=O)c1c([nH]c3cc(C#N)ccc13)C2(C)C. The normalized spacial score (nSPS) is 18.9. The number of ether oxygens (including phenoxy) is 1. The van der Waals surface area contributed by atoms with E-state index in [1.54, 1.807) is 25.5 Å². The minimum absolute atomic E-state index is 0.0948. The number of ketones is 1. The van der Waals surface area contributed by atoms with Crippen LogP contribution in [0.2, 0.25) is 0 Å². The molecule has 1 fully saturated rings. The second-order valence-electron chi connectivity index (χ2n) is 9.91. The number of rotatable bonds is 3. The topological polar surface area (TPSA) is 89.4 Å². The summed E-state index contributed by atoms with van der Waals surface area (Å²) >= 11 is 0. The van der Waals surface area contributed by atoms with Crippen LogP contribution in [-0.4, -0.2) is 70.8 Å². The standard InChI is InChI=1S/C26H30N4O3S/c1-26(2)19-14-21(33-4)22(34(5,32)30-10-8-29(3)9-11-30)13-18(19)24(31)23-17-7-6-16(15-27)12-20(17)28-25(23)26/h6-7,12-14,28,34H,8-11H2,1-5H3. The van der Waals surface area contributed by atoms with Gasteiger partial charge in [0.2, 0.25) is 0 Å². The molecule has 3 aromatic rings. The van der Waals surface area contributed by atoms with Gasteiger partial charge in [0.25, 0.3) is 0 Å². The Labute approximate surface area is 200 Å². The van der Waals surface area contributed by atoms with Crippen molar-refractivity contribution in [3.8, 4) is 11.8 Å². The number of nitriles is 1. The van der Waals surface area contributed by atoms with Crippen LogP contribution in [0, 0.1) is 11.3 Å². The van der Waals surface area contributed by atoms with E-state index in [4.69, 9.17) is 4.74 Å². The Morgan fingerprint density at radius 2 is 1.85 bits per heavy atom. The molecule has 0 bridgehead atoms. The summed E-state index contributed by atoms with van der Waals surface area (Å²) < 4.78 is 22.0. The second-order valence-corrected chi connectivity index (χ2v) is 12.7. The number of carbonyl (C=O) groups excluding carboxylic acids is 1. The second kappa shape index (κ2) is 7.77. The van der Waals surface area contributed by atoms with Gasteiger partial charge in [0, 0.05) is 60.0 Å². The molecule has 1 aliphatic heterocycles. The van der Waals surface area contributed by atoms with Crippen molar-refractivity contribution in [1.29, 1.82) is 5.26 Å². The number of carbonyl (C=O) groups is 1. The molecular weight excluding hydrogens is 448 g/mol. The number of H-pyrrole nitrogens is 1. The number of benzene rings is 2. The van der Waals surface area contributed by atoms with Crippen LogP contribution in [0.25, 0.3) is 10.9 Å². The fourth-order valence-electron chi connectivity index (χ4n) is 5.33. The zero-order valence-electron chi connectivity index (χ0n) is 20.2. The minimum atomic E-state index is -2.96. The first kappa shape index (κ1) is 22.8. The van der Waals surface area contributed by atoms with Crippen molar-refractivity contribution >= 4 is 26.8 Å². The Balaban J connectivity index is 1.70. The van der Waals surface area contributed by atoms with Gasteiger partial charge in [-0.15, -0.1) is 0 Å². The van der Waals surface area contributed by atoms with E-state index >= 15 is 0 Å². The Kier molecular flexibility index (Phi) is 5.21. The van der Waals surface area contributed by atoms with Crippen molar-refractivity contribution in [2.45, 2.75) is 24.2 Å². The van der Waals surface area contributed by atoms with E-state index in [0.717, 1.165) is 35.2 Å². The molecule has 2 aromatic carbocycles. The summed E-state index contributed by atoms with van der Waals surface area (Å²) in [4.78, 5) is 20.1. The maximum absolute atomic E-state index is 14.2. The number of thiol groups is 1. The lowest BCUT2D eigenvalue weighted by molar-refractivity contribution is 0.103. The van der Waals surface area contributed by atoms with Crippen LogP contribution in [0.4, 0.5) is 0 Å². The molecule has 2 aliphatic rings. The average molecular weight is 479 g/mol. The molecular formula is C26H30N4O3S. The van der Waals surface area contributed by atoms with Crippen molar-refractivity contribution in [3.05, 3.63) is 58.3 Å². The van der Waals surface area contributed by atoms with E-state index in [1.165, 1.54) is 0 Å². The van der Waals surface area contributed by atoms with E-state index in [-0.39, 0.29) is 5.78 Å². The van der Waals surface area contributed by atoms with Gasteiger partial charge in [-0.1, -0.05) is 19.9 Å². The highest BCUT2D eigenvalue weighted by molar-refractivity contribution is 8.00. The van der Waals surface area contributed by atoms with Crippen LogP contribution in [-0.2, 0) is 15.5 Å². The van der Waals surface area contributed by atoms with Crippen LogP contribution in [0.1, 0.15) is 46.6 Å². The third-order valence-electron chi connectivity index (χ3n) is 7.48. The first-order valence-electron chi connectivity index (χ1n) is 11.4. The van der Waals surface area contributed by atoms with E-state index in [0.29, 0.717) is 40.4 Å². The molecule has 7 nitrogen and oxygen atoms in total. The number of hydrogen-bond donors (Lipinski definition) is 2. The number of methoxy groups -OCH3 is 1. The van der Waals surface area contributed by atoms with Crippen molar-refractivity contribution in [1.82, 2.24) is 14.2 Å². The highest BCUT2D eigenvalue weighted by atomic mass is 32.3. The van der Waals surface area contributed by atoms with E-state index in [9.17, 15) is 14.3 Å². The monoisotopic (exact) mass is 478 g/mol. The van der Waals surface area contributed by atoms with Gasteiger partial charge in [0.15, 0.2) is 5.78 Å². The first-order valence-corrected chi connectivity index (χ1v) is 13.6. The van der Waals surface area contributed by atoms with E-state index < -0.39 is 15.5 Å². The van der Waals surface area contributed by atoms with E-state index in [1.807, 2.05) is 22.5 Å². The van der Waals surface area contributed by atoms with Gasteiger partial charge in [-0.2, -0.15) is 5.26 Å². The number of nitrogens with zero attached hydrogens (tertiary/aromatic N) is 3. The Morgan fingerprint density at radius 1 is 1.15 bits per heavy atom. The number of hydrogen-bond acceptors (Lipinski definition) is 5. The Hall–Kier alpha value is -2.99. The van der Waals surface area contributed by atoms with Gasteiger partial charge < -0.3 is 14.6 Å². The lowest BCUT2D eigenvalue weighted by atomic mass is 9.71. The van der Waals surface area contributed by atoms with Crippen LogP contribution < -0.4 is 4.74 Å². The molecule has 34 heavy (non-hydrogen) atoms. The van der Waals surface area contributed by atoms with Gasteiger partial charge in [0.05, 0.1) is 29.2 Å². The third-order valence-corrected chi connectivity index (χ3v) is 10.2. The predicted molar refractivity (Wildman–Crippen MR) is 134 cm³/mol. The highest BCUT2D eigenvalue weighted by Gasteiger charge is 2.41. The summed E-state index contributed by atoms with van der Waals surface area (Å²) in [5, 5.41) is 10.1. The summed E-state index contributed by atoms with van der Waals surface area (Å²) in [6.45, 7) is 7.25. The zero-order valence-corrected chi connectivity index (χ0v) is 21.1. The molecule has 178 valence electrons. The summed E-state index contributed by atoms with van der Waals surface area (Å²) in [5.41, 5.74) is 3.65.